The molecule has 0 saturated carbocycles. The number of aryl methyl sites for hydroxylation is 1. The Labute approximate surface area is 160 Å². The average Bonchev–Trinajstić information content (AvgIpc) is 2.61. The molecule has 2 aromatic rings. The maximum atomic E-state index is 12.3. The summed E-state index contributed by atoms with van der Waals surface area (Å²) in [6.07, 6.45) is 0.930. The zero-order valence-corrected chi connectivity index (χ0v) is 16.7. The Bertz CT molecular complexity index is 904. The van der Waals surface area contributed by atoms with Crippen molar-refractivity contribution in [2.75, 3.05) is 11.4 Å². The first-order valence-electron chi connectivity index (χ1n) is 8.64. The number of nitrogens with zero attached hydrogens (tertiary/aromatic N) is 2. The highest BCUT2D eigenvalue weighted by molar-refractivity contribution is 7.90. The summed E-state index contributed by atoms with van der Waals surface area (Å²) in [5.74, 6) is -0.342. The number of anilines is 1. The van der Waals surface area contributed by atoms with Crippen molar-refractivity contribution < 1.29 is 17.9 Å². The number of sulfonamides is 1. The van der Waals surface area contributed by atoms with Crippen molar-refractivity contribution in [2.24, 2.45) is 4.40 Å². The minimum atomic E-state index is -3.73. The van der Waals surface area contributed by atoms with Gasteiger partial charge >= 0.3 is 5.97 Å². The molecule has 0 N–H and O–H groups in total. The fourth-order valence-electron chi connectivity index (χ4n) is 2.61. The van der Waals surface area contributed by atoms with E-state index in [1.165, 1.54) is 13.1 Å². The molecular formula is C20H24N2O4S. The lowest BCUT2D eigenvalue weighted by atomic mass is 10.2. The van der Waals surface area contributed by atoms with Crippen molar-refractivity contribution in [3.05, 3.63) is 59.7 Å². The predicted octanol–water partition coefficient (Wildman–Crippen LogP) is 3.54. The van der Waals surface area contributed by atoms with E-state index in [4.69, 9.17) is 4.74 Å². The molecule has 27 heavy (non-hydrogen) atoms. The van der Waals surface area contributed by atoms with E-state index < -0.39 is 16.3 Å². The molecule has 2 rings (SSSR count). The fraction of sp³-hybridized carbons (Fsp3) is 0.300. The molecule has 0 spiro atoms. The maximum Gasteiger partial charge on any atom is 0.304 e. The Kier molecular flexibility index (Phi) is 6.74. The number of rotatable bonds is 7. The first-order chi connectivity index (χ1) is 12.7. The SMILES string of the molecule is CCN(c1ccc(C=NS(=O)(=O)c2ccc(C)cc2)cc1)C(C)OC(C)=O. The van der Waals surface area contributed by atoms with Crippen LogP contribution >= 0.6 is 0 Å². The van der Waals surface area contributed by atoms with E-state index in [0.717, 1.165) is 11.3 Å². The van der Waals surface area contributed by atoms with Crippen molar-refractivity contribution in [1.82, 2.24) is 0 Å². The Balaban J connectivity index is 2.15. The lowest BCUT2D eigenvalue weighted by Gasteiger charge is -2.29. The molecule has 0 aliphatic carbocycles. The third kappa shape index (κ3) is 5.65. The van der Waals surface area contributed by atoms with Crippen molar-refractivity contribution in [1.29, 1.82) is 0 Å². The van der Waals surface area contributed by atoms with E-state index in [9.17, 15) is 13.2 Å². The van der Waals surface area contributed by atoms with Gasteiger partial charge in [0, 0.05) is 25.4 Å². The molecule has 6 nitrogen and oxygen atoms in total. The molecule has 1 atom stereocenters. The van der Waals surface area contributed by atoms with Gasteiger partial charge in [-0.2, -0.15) is 12.8 Å². The second-order valence-electron chi connectivity index (χ2n) is 6.11. The van der Waals surface area contributed by atoms with Crippen LogP contribution in [0.1, 0.15) is 31.9 Å². The Morgan fingerprint density at radius 1 is 1.15 bits per heavy atom. The highest BCUT2D eigenvalue weighted by Crippen LogP contribution is 2.19. The largest absolute Gasteiger partial charge is 0.442 e. The topological polar surface area (TPSA) is 76.0 Å². The van der Waals surface area contributed by atoms with Gasteiger partial charge in [0.1, 0.15) is 0 Å². The van der Waals surface area contributed by atoms with Crippen molar-refractivity contribution in [2.45, 2.75) is 38.8 Å². The zero-order valence-electron chi connectivity index (χ0n) is 15.9. The van der Waals surface area contributed by atoms with E-state index in [2.05, 4.69) is 4.40 Å². The summed E-state index contributed by atoms with van der Waals surface area (Å²) in [4.78, 5) is 13.2. The van der Waals surface area contributed by atoms with Gasteiger partial charge in [0.25, 0.3) is 10.0 Å². The molecule has 144 valence electrons. The highest BCUT2D eigenvalue weighted by atomic mass is 32.2. The third-order valence-electron chi connectivity index (χ3n) is 4.00. The van der Waals surface area contributed by atoms with Crippen LogP contribution < -0.4 is 4.90 Å². The van der Waals surface area contributed by atoms with E-state index in [0.29, 0.717) is 12.1 Å². The fourth-order valence-corrected chi connectivity index (χ4v) is 3.47. The summed E-state index contributed by atoms with van der Waals surface area (Å²) in [6, 6.07) is 13.8. The minimum Gasteiger partial charge on any atom is -0.442 e. The van der Waals surface area contributed by atoms with Crippen molar-refractivity contribution in [3.8, 4) is 0 Å². The number of hydrogen-bond donors (Lipinski definition) is 0. The van der Waals surface area contributed by atoms with E-state index in [-0.39, 0.29) is 10.9 Å². The van der Waals surface area contributed by atoms with Gasteiger partial charge in [0.15, 0.2) is 6.23 Å². The molecule has 0 saturated heterocycles. The number of hydrogen-bond acceptors (Lipinski definition) is 5. The minimum absolute atomic E-state index is 0.160. The van der Waals surface area contributed by atoms with Gasteiger partial charge in [0.2, 0.25) is 0 Å². The van der Waals surface area contributed by atoms with Crippen LogP contribution in [0.25, 0.3) is 0 Å². The number of ether oxygens (including phenoxy) is 1. The molecule has 0 radical (unpaired) electrons. The molecule has 0 amide bonds. The van der Waals surface area contributed by atoms with Gasteiger partial charge in [-0.1, -0.05) is 29.8 Å². The normalized spacial score (nSPS) is 12.7. The summed E-state index contributed by atoms with van der Waals surface area (Å²) >= 11 is 0. The van der Waals surface area contributed by atoms with Crippen LogP contribution in [0.4, 0.5) is 5.69 Å². The lowest BCUT2D eigenvalue weighted by molar-refractivity contribution is -0.145. The molecular weight excluding hydrogens is 364 g/mol. The highest BCUT2D eigenvalue weighted by Gasteiger charge is 2.15. The Morgan fingerprint density at radius 3 is 2.26 bits per heavy atom. The summed E-state index contributed by atoms with van der Waals surface area (Å²) in [5.41, 5.74) is 2.51. The van der Waals surface area contributed by atoms with Crippen LogP contribution in [0.5, 0.6) is 0 Å². The molecule has 0 bridgehead atoms. The summed E-state index contributed by atoms with van der Waals surface area (Å²) in [6.45, 7) is 7.68. The molecule has 1 unspecified atom stereocenters. The van der Waals surface area contributed by atoms with Crippen LogP contribution in [-0.2, 0) is 19.6 Å². The first-order valence-corrected chi connectivity index (χ1v) is 10.1. The first kappa shape index (κ1) is 20.6. The molecule has 0 aliphatic rings. The molecule has 0 fully saturated rings. The van der Waals surface area contributed by atoms with Gasteiger partial charge in [-0.3, -0.25) is 4.79 Å². The number of benzene rings is 2. The third-order valence-corrected chi connectivity index (χ3v) is 5.25. The summed E-state index contributed by atoms with van der Waals surface area (Å²) < 4.78 is 33.5. The van der Waals surface area contributed by atoms with Crippen LogP contribution in [0.15, 0.2) is 57.8 Å². The number of esters is 1. The Morgan fingerprint density at radius 2 is 1.74 bits per heavy atom. The summed E-state index contributed by atoms with van der Waals surface area (Å²) in [5, 5.41) is 0. The molecule has 7 heteroatoms. The molecule has 0 aromatic heterocycles. The van der Waals surface area contributed by atoms with Gasteiger partial charge in [-0.25, -0.2) is 0 Å². The van der Waals surface area contributed by atoms with Crippen LogP contribution in [0.3, 0.4) is 0 Å². The van der Waals surface area contributed by atoms with Crippen molar-refractivity contribution >= 4 is 27.9 Å². The molecule has 2 aromatic carbocycles. The molecule has 0 heterocycles. The molecule has 0 aliphatic heterocycles. The number of carbonyl (C=O) groups is 1. The quantitative estimate of drug-likeness (QED) is 0.412. The average molecular weight is 388 g/mol. The van der Waals surface area contributed by atoms with E-state index in [1.54, 1.807) is 43.3 Å². The van der Waals surface area contributed by atoms with Crippen molar-refractivity contribution in [3.63, 3.8) is 0 Å². The predicted molar refractivity (Wildman–Crippen MR) is 107 cm³/mol. The van der Waals surface area contributed by atoms with Crippen LogP contribution in [0, 0.1) is 6.92 Å². The van der Waals surface area contributed by atoms with E-state index >= 15 is 0 Å². The summed E-state index contributed by atoms with van der Waals surface area (Å²) in [7, 11) is -3.73. The second-order valence-corrected chi connectivity index (χ2v) is 7.74. The monoisotopic (exact) mass is 388 g/mol. The van der Waals surface area contributed by atoms with E-state index in [1.807, 2.05) is 30.9 Å². The maximum absolute atomic E-state index is 12.3. The van der Waals surface area contributed by atoms with Crippen LogP contribution in [0.2, 0.25) is 0 Å². The standard InChI is InChI=1S/C20H24N2O4S/c1-5-22(16(3)26-17(4)23)19-10-8-18(9-11-19)14-21-27(24,25)20-12-6-15(2)7-13-20/h6-14,16H,5H2,1-4H3. The zero-order chi connectivity index (χ0) is 20.0. The van der Waals surface area contributed by atoms with Crippen LogP contribution in [-0.4, -0.2) is 33.4 Å². The van der Waals surface area contributed by atoms with Gasteiger partial charge in [0.05, 0.1) is 4.90 Å². The van der Waals surface area contributed by atoms with Gasteiger partial charge < -0.3 is 9.64 Å². The second kappa shape index (κ2) is 8.81. The van der Waals surface area contributed by atoms with Gasteiger partial charge in [-0.05, 0) is 50.6 Å². The Hall–Kier alpha value is -2.67. The van der Waals surface area contributed by atoms with Gasteiger partial charge in [-0.15, -0.1) is 0 Å². The number of carbonyl (C=O) groups excluding carboxylic acids is 1. The lowest BCUT2D eigenvalue weighted by Crippen LogP contribution is -2.36. The smallest absolute Gasteiger partial charge is 0.304 e.